The van der Waals surface area contributed by atoms with Crippen molar-refractivity contribution in [1.29, 1.82) is 0 Å². The average molecular weight is 495 g/mol. The summed E-state index contributed by atoms with van der Waals surface area (Å²) in [6.45, 7) is 7.50. The van der Waals surface area contributed by atoms with Crippen molar-refractivity contribution in [2.75, 3.05) is 39.0 Å². The van der Waals surface area contributed by atoms with Crippen LogP contribution in [0.1, 0.15) is 39.2 Å². The van der Waals surface area contributed by atoms with Crippen LogP contribution >= 0.6 is 0 Å². The van der Waals surface area contributed by atoms with Gasteiger partial charge in [-0.1, -0.05) is 30.3 Å². The summed E-state index contributed by atoms with van der Waals surface area (Å²) >= 11 is 0. The number of amides is 3. The topological polar surface area (TPSA) is 91.0 Å². The maximum absolute atomic E-state index is 12.6. The molecule has 2 aromatic rings. The van der Waals surface area contributed by atoms with Crippen molar-refractivity contribution in [1.82, 2.24) is 15.1 Å². The minimum absolute atomic E-state index is 0.0663. The van der Waals surface area contributed by atoms with Crippen LogP contribution in [0.25, 0.3) is 11.1 Å². The Morgan fingerprint density at radius 1 is 1.03 bits per heavy atom. The number of anilines is 1. The summed E-state index contributed by atoms with van der Waals surface area (Å²) in [4.78, 5) is 40.6. The zero-order valence-corrected chi connectivity index (χ0v) is 22.0. The highest BCUT2D eigenvalue weighted by atomic mass is 16.6. The molecule has 1 saturated heterocycles. The maximum atomic E-state index is 12.6. The Morgan fingerprint density at radius 2 is 1.69 bits per heavy atom. The summed E-state index contributed by atoms with van der Waals surface area (Å²) in [7, 11) is 3.79. The van der Waals surface area contributed by atoms with E-state index in [0.717, 1.165) is 48.3 Å². The summed E-state index contributed by atoms with van der Waals surface area (Å²) in [6.07, 6.45) is 1.17. The molecule has 36 heavy (non-hydrogen) atoms. The third-order valence-electron chi connectivity index (χ3n) is 6.13. The fourth-order valence-corrected chi connectivity index (χ4v) is 4.07. The Hall–Kier alpha value is -3.39. The van der Waals surface area contributed by atoms with Gasteiger partial charge in [-0.05, 0) is 88.6 Å². The van der Waals surface area contributed by atoms with E-state index in [1.807, 2.05) is 48.5 Å². The standard InChI is InChI=1S/C28H38N4O4/c1-28(2,3)36-27(35)29-18-25(33)32(5)19-20-7-6-8-23(17-20)21-9-11-24(12-10-21)30-26(34)22-13-15-31(4)16-14-22/h6-12,17,22H,13-16,18-19H2,1-5H3,(H,29,35)(H,30,34). The minimum atomic E-state index is -0.615. The first kappa shape index (κ1) is 27.2. The van der Waals surface area contributed by atoms with Crippen LogP contribution in [0.2, 0.25) is 0 Å². The number of nitrogens with zero attached hydrogens (tertiary/aromatic N) is 2. The molecule has 0 bridgehead atoms. The van der Waals surface area contributed by atoms with Crippen LogP contribution in [0.15, 0.2) is 48.5 Å². The second-order valence-electron chi connectivity index (χ2n) is 10.4. The molecule has 0 spiro atoms. The van der Waals surface area contributed by atoms with Gasteiger partial charge in [-0.25, -0.2) is 4.79 Å². The lowest BCUT2D eigenvalue weighted by atomic mass is 9.96. The van der Waals surface area contributed by atoms with Crippen molar-refractivity contribution in [3.05, 3.63) is 54.1 Å². The fourth-order valence-electron chi connectivity index (χ4n) is 4.07. The molecule has 3 amide bonds. The normalized spacial score (nSPS) is 14.7. The number of carbonyl (C=O) groups excluding carboxylic acids is 3. The number of benzene rings is 2. The highest BCUT2D eigenvalue weighted by Crippen LogP contribution is 2.24. The number of rotatable bonds is 7. The molecule has 0 aliphatic carbocycles. The highest BCUT2D eigenvalue weighted by molar-refractivity contribution is 5.92. The Bertz CT molecular complexity index is 1050. The van der Waals surface area contributed by atoms with Crippen molar-refractivity contribution < 1.29 is 19.1 Å². The summed E-state index contributed by atoms with van der Waals surface area (Å²) < 4.78 is 5.17. The molecule has 0 aromatic heterocycles. The molecular weight excluding hydrogens is 456 g/mol. The van der Waals surface area contributed by atoms with Gasteiger partial charge in [0.05, 0.1) is 0 Å². The lowest BCUT2D eigenvalue weighted by Gasteiger charge is -2.28. The van der Waals surface area contributed by atoms with E-state index in [-0.39, 0.29) is 24.3 Å². The van der Waals surface area contributed by atoms with E-state index >= 15 is 0 Å². The van der Waals surface area contributed by atoms with E-state index in [2.05, 4.69) is 22.6 Å². The molecule has 8 nitrogen and oxygen atoms in total. The first-order valence-corrected chi connectivity index (χ1v) is 12.4. The molecule has 194 valence electrons. The summed E-state index contributed by atoms with van der Waals surface area (Å²) in [5, 5.41) is 5.55. The molecule has 1 aliphatic heterocycles. The second kappa shape index (κ2) is 12.0. The molecule has 0 saturated carbocycles. The van der Waals surface area contributed by atoms with Gasteiger partial charge in [0.1, 0.15) is 12.1 Å². The van der Waals surface area contributed by atoms with Crippen molar-refractivity contribution in [3.8, 4) is 11.1 Å². The predicted molar refractivity (Wildman–Crippen MR) is 141 cm³/mol. The van der Waals surface area contributed by atoms with Crippen LogP contribution in [-0.4, -0.2) is 67.0 Å². The van der Waals surface area contributed by atoms with Crippen molar-refractivity contribution >= 4 is 23.6 Å². The van der Waals surface area contributed by atoms with E-state index in [9.17, 15) is 14.4 Å². The number of carbonyl (C=O) groups is 3. The molecule has 2 N–H and O–H groups in total. The van der Waals surface area contributed by atoms with Gasteiger partial charge in [0.25, 0.3) is 0 Å². The summed E-state index contributed by atoms with van der Waals surface area (Å²) in [5.41, 5.74) is 3.20. The monoisotopic (exact) mass is 494 g/mol. The van der Waals surface area contributed by atoms with Crippen molar-refractivity contribution in [2.45, 2.75) is 45.8 Å². The lowest BCUT2D eigenvalue weighted by Crippen LogP contribution is -2.40. The van der Waals surface area contributed by atoms with Gasteiger partial charge in [-0.15, -0.1) is 0 Å². The molecule has 1 heterocycles. The van der Waals surface area contributed by atoms with Crippen LogP contribution in [0, 0.1) is 5.92 Å². The van der Waals surface area contributed by atoms with E-state index in [1.165, 1.54) is 0 Å². The molecule has 8 heteroatoms. The molecule has 1 aliphatic rings. The van der Waals surface area contributed by atoms with Crippen LogP contribution in [-0.2, 0) is 20.9 Å². The van der Waals surface area contributed by atoms with Crippen molar-refractivity contribution in [3.63, 3.8) is 0 Å². The first-order valence-electron chi connectivity index (χ1n) is 12.4. The van der Waals surface area contributed by atoms with E-state index < -0.39 is 11.7 Å². The first-order chi connectivity index (χ1) is 17.0. The molecule has 3 rings (SSSR count). The number of likely N-dealkylation sites (tertiary alicyclic amines) is 1. The number of nitrogens with one attached hydrogen (secondary N) is 2. The Morgan fingerprint density at radius 3 is 2.33 bits per heavy atom. The summed E-state index contributed by atoms with van der Waals surface area (Å²) in [6, 6.07) is 15.8. The van der Waals surface area contributed by atoms with E-state index in [4.69, 9.17) is 4.74 Å². The zero-order valence-electron chi connectivity index (χ0n) is 22.0. The summed E-state index contributed by atoms with van der Waals surface area (Å²) in [5.74, 6) is -0.0562. The van der Waals surface area contributed by atoms with Crippen LogP contribution < -0.4 is 10.6 Å². The number of hydrogen-bond acceptors (Lipinski definition) is 5. The van der Waals surface area contributed by atoms with Gasteiger partial charge in [0.15, 0.2) is 0 Å². The number of alkyl carbamates (subject to hydrolysis) is 1. The molecule has 0 unspecified atom stereocenters. The van der Waals surface area contributed by atoms with Gasteiger partial charge < -0.3 is 25.2 Å². The molecular formula is C28H38N4O4. The highest BCUT2D eigenvalue weighted by Gasteiger charge is 2.23. The maximum Gasteiger partial charge on any atom is 0.408 e. The fraction of sp³-hybridized carbons (Fsp3) is 0.464. The molecule has 2 aromatic carbocycles. The Labute approximate surface area is 214 Å². The second-order valence-corrected chi connectivity index (χ2v) is 10.4. The molecule has 1 fully saturated rings. The van der Waals surface area contributed by atoms with E-state index in [1.54, 1.807) is 32.7 Å². The van der Waals surface area contributed by atoms with E-state index in [0.29, 0.717) is 6.54 Å². The van der Waals surface area contributed by atoms with Crippen LogP contribution in [0.3, 0.4) is 0 Å². The SMILES string of the molecule is CN1CCC(C(=O)Nc2ccc(-c3cccc(CN(C)C(=O)CNC(=O)OC(C)(C)C)c3)cc2)CC1. The number of piperidine rings is 1. The van der Waals surface area contributed by atoms with Gasteiger partial charge >= 0.3 is 6.09 Å². The smallest absolute Gasteiger partial charge is 0.408 e. The quantitative estimate of drug-likeness (QED) is 0.604. The zero-order chi connectivity index (χ0) is 26.3. The number of hydrogen-bond donors (Lipinski definition) is 2. The van der Waals surface area contributed by atoms with Crippen LogP contribution in [0.5, 0.6) is 0 Å². The molecule has 0 radical (unpaired) electrons. The minimum Gasteiger partial charge on any atom is -0.444 e. The lowest BCUT2D eigenvalue weighted by molar-refractivity contribution is -0.129. The molecule has 0 atom stereocenters. The predicted octanol–water partition coefficient (Wildman–Crippen LogP) is 4.12. The Balaban J connectivity index is 1.54. The largest absolute Gasteiger partial charge is 0.444 e. The van der Waals surface area contributed by atoms with Gasteiger partial charge in [-0.2, -0.15) is 0 Å². The van der Waals surface area contributed by atoms with Crippen LogP contribution in [0.4, 0.5) is 10.5 Å². The van der Waals surface area contributed by atoms with Gasteiger partial charge in [-0.3, -0.25) is 9.59 Å². The third kappa shape index (κ3) is 8.37. The Kier molecular flexibility index (Phi) is 9.09. The number of ether oxygens (including phenoxy) is 1. The van der Waals surface area contributed by atoms with Crippen molar-refractivity contribution in [2.24, 2.45) is 5.92 Å². The number of likely N-dealkylation sites (N-methyl/N-ethyl adjacent to an activating group) is 1. The third-order valence-corrected chi connectivity index (χ3v) is 6.13. The van der Waals surface area contributed by atoms with Gasteiger partial charge in [0.2, 0.25) is 11.8 Å². The van der Waals surface area contributed by atoms with Gasteiger partial charge in [0, 0.05) is 25.2 Å². The average Bonchev–Trinajstić information content (AvgIpc) is 2.82.